The first-order valence-corrected chi connectivity index (χ1v) is 8.93. The van der Waals surface area contributed by atoms with Crippen molar-refractivity contribution in [3.05, 3.63) is 68.1 Å². The predicted molar refractivity (Wildman–Crippen MR) is 97.8 cm³/mol. The van der Waals surface area contributed by atoms with E-state index in [0.29, 0.717) is 6.04 Å². The Balaban J connectivity index is 2.25. The standard InChI is InChI=1S/C18H21Br2N/c1-3-11-21-18(12-14-7-9-15(19)10-8-14)16-5-4-6-17(20)13(16)2/h4-10,18,21H,3,11-12H2,1-2H3. The fourth-order valence-electron chi connectivity index (χ4n) is 2.47. The van der Waals surface area contributed by atoms with Crippen LogP contribution in [-0.4, -0.2) is 6.54 Å². The second kappa shape index (κ2) is 8.11. The summed E-state index contributed by atoms with van der Waals surface area (Å²) >= 11 is 7.14. The number of halogens is 2. The van der Waals surface area contributed by atoms with E-state index in [2.05, 4.69) is 93.5 Å². The highest BCUT2D eigenvalue weighted by Gasteiger charge is 2.15. The largest absolute Gasteiger partial charge is 0.310 e. The smallest absolute Gasteiger partial charge is 0.0363 e. The van der Waals surface area contributed by atoms with Crippen LogP contribution in [0.2, 0.25) is 0 Å². The van der Waals surface area contributed by atoms with Crippen LogP contribution in [0.3, 0.4) is 0 Å². The van der Waals surface area contributed by atoms with E-state index in [1.807, 2.05) is 0 Å². The van der Waals surface area contributed by atoms with Gasteiger partial charge in [-0.05, 0) is 61.2 Å². The van der Waals surface area contributed by atoms with Gasteiger partial charge in [-0.25, -0.2) is 0 Å². The maximum absolute atomic E-state index is 3.68. The summed E-state index contributed by atoms with van der Waals surface area (Å²) in [6, 6.07) is 15.4. The van der Waals surface area contributed by atoms with Crippen molar-refractivity contribution in [1.82, 2.24) is 5.32 Å². The Morgan fingerprint density at radius 3 is 2.43 bits per heavy atom. The molecule has 2 aromatic carbocycles. The van der Waals surface area contributed by atoms with Gasteiger partial charge in [0.15, 0.2) is 0 Å². The molecule has 1 nitrogen and oxygen atoms in total. The van der Waals surface area contributed by atoms with E-state index in [0.717, 1.165) is 23.9 Å². The number of benzene rings is 2. The van der Waals surface area contributed by atoms with Gasteiger partial charge in [0.05, 0.1) is 0 Å². The number of hydrogen-bond acceptors (Lipinski definition) is 1. The highest BCUT2D eigenvalue weighted by Crippen LogP contribution is 2.27. The first-order valence-electron chi connectivity index (χ1n) is 7.34. The van der Waals surface area contributed by atoms with Gasteiger partial charge in [0.1, 0.15) is 0 Å². The first kappa shape index (κ1) is 16.7. The van der Waals surface area contributed by atoms with Crippen LogP contribution >= 0.6 is 31.9 Å². The molecule has 0 aromatic heterocycles. The van der Waals surface area contributed by atoms with Crippen LogP contribution in [0.15, 0.2) is 51.4 Å². The highest BCUT2D eigenvalue weighted by molar-refractivity contribution is 9.10. The molecular weight excluding hydrogens is 390 g/mol. The van der Waals surface area contributed by atoms with Gasteiger partial charge in [0, 0.05) is 15.0 Å². The molecular formula is C18H21Br2N. The topological polar surface area (TPSA) is 12.0 Å². The summed E-state index contributed by atoms with van der Waals surface area (Å²) in [6.45, 7) is 5.42. The van der Waals surface area contributed by atoms with Gasteiger partial charge >= 0.3 is 0 Å². The molecule has 0 amide bonds. The predicted octanol–water partition coefficient (Wildman–Crippen LogP) is 5.80. The molecule has 2 aromatic rings. The van der Waals surface area contributed by atoms with Crippen molar-refractivity contribution < 1.29 is 0 Å². The molecule has 0 bridgehead atoms. The molecule has 0 aliphatic carbocycles. The molecule has 0 saturated carbocycles. The zero-order valence-corrected chi connectivity index (χ0v) is 15.7. The molecule has 2 rings (SSSR count). The summed E-state index contributed by atoms with van der Waals surface area (Å²) in [5.74, 6) is 0. The van der Waals surface area contributed by atoms with Crippen LogP contribution in [-0.2, 0) is 6.42 Å². The van der Waals surface area contributed by atoms with Gasteiger partial charge in [-0.2, -0.15) is 0 Å². The van der Waals surface area contributed by atoms with E-state index in [1.54, 1.807) is 0 Å². The van der Waals surface area contributed by atoms with Crippen LogP contribution in [0, 0.1) is 6.92 Å². The second-order valence-corrected chi connectivity index (χ2v) is 7.06. The Hall–Kier alpha value is -0.640. The molecule has 1 N–H and O–H groups in total. The molecule has 0 fully saturated rings. The number of nitrogens with one attached hydrogen (secondary N) is 1. The van der Waals surface area contributed by atoms with Gasteiger partial charge in [-0.3, -0.25) is 0 Å². The van der Waals surface area contributed by atoms with Crippen LogP contribution in [0.1, 0.15) is 36.1 Å². The highest BCUT2D eigenvalue weighted by atomic mass is 79.9. The first-order chi connectivity index (χ1) is 10.1. The van der Waals surface area contributed by atoms with Crippen molar-refractivity contribution in [2.45, 2.75) is 32.7 Å². The maximum atomic E-state index is 3.68. The molecule has 1 atom stereocenters. The molecule has 21 heavy (non-hydrogen) atoms. The van der Waals surface area contributed by atoms with E-state index >= 15 is 0 Å². The van der Waals surface area contributed by atoms with Crippen molar-refractivity contribution in [1.29, 1.82) is 0 Å². The van der Waals surface area contributed by atoms with E-state index in [9.17, 15) is 0 Å². The molecule has 0 heterocycles. The lowest BCUT2D eigenvalue weighted by Crippen LogP contribution is -2.25. The van der Waals surface area contributed by atoms with Gasteiger partial charge in [0.2, 0.25) is 0 Å². The normalized spacial score (nSPS) is 12.4. The van der Waals surface area contributed by atoms with E-state index in [1.165, 1.54) is 21.2 Å². The fraction of sp³-hybridized carbons (Fsp3) is 0.333. The lowest BCUT2D eigenvalue weighted by Gasteiger charge is -2.22. The van der Waals surface area contributed by atoms with E-state index in [-0.39, 0.29) is 0 Å². The van der Waals surface area contributed by atoms with Gasteiger partial charge < -0.3 is 5.32 Å². The summed E-state index contributed by atoms with van der Waals surface area (Å²) < 4.78 is 2.31. The summed E-state index contributed by atoms with van der Waals surface area (Å²) in [4.78, 5) is 0. The van der Waals surface area contributed by atoms with Gasteiger partial charge in [-0.15, -0.1) is 0 Å². The minimum atomic E-state index is 0.351. The minimum absolute atomic E-state index is 0.351. The maximum Gasteiger partial charge on any atom is 0.0363 e. The van der Waals surface area contributed by atoms with Crippen LogP contribution in [0.5, 0.6) is 0 Å². The lowest BCUT2D eigenvalue weighted by atomic mass is 9.95. The van der Waals surface area contributed by atoms with E-state index < -0.39 is 0 Å². The third-order valence-electron chi connectivity index (χ3n) is 3.68. The van der Waals surface area contributed by atoms with E-state index in [4.69, 9.17) is 0 Å². The van der Waals surface area contributed by atoms with Crippen molar-refractivity contribution in [3.63, 3.8) is 0 Å². The lowest BCUT2D eigenvalue weighted by molar-refractivity contribution is 0.527. The van der Waals surface area contributed by atoms with Crippen molar-refractivity contribution in [2.75, 3.05) is 6.54 Å². The van der Waals surface area contributed by atoms with Gasteiger partial charge in [-0.1, -0.05) is 63.0 Å². The van der Waals surface area contributed by atoms with Crippen molar-refractivity contribution in [3.8, 4) is 0 Å². The Morgan fingerprint density at radius 2 is 1.76 bits per heavy atom. The Morgan fingerprint density at radius 1 is 1.05 bits per heavy atom. The quantitative estimate of drug-likeness (QED) is 0.634. The van der Waals surface area contributed by atoms with Crippen LogP contribution in [0.25, 0.3) is 0 Å². The summed E-state index contributed by atoms with van der Waals surface area (Å²) in [5.41, 5.74) is 4.05. The molecule has 112 valence electrons. The summed E-state index contributed by atoms with van der Waals surface area (Å²) in [6.07, 6.45) is 2.15. The van der Waals surface area contributed by atoms with Crippen molar-refractivity contribution >= 4 is 31.9 Å². The Labute approximate surface area is 144 Å². The molecule has 0 spiro atoms. The molecule has 0 radical (unpaired) electrons. The summed E-state index contributed by atoms with van der Waals surface area (Å²) in [5, 5.41) is 3.68. The molecule has 1 unspecified atom stereocenters. The SMILES string of the molecule is CCCNC(Cc1ccc(Br)cc1)c1cccc(Br)c1C. The molecule has 0 saturated heterocycles. The zero-order chi connectivity index (χ0) is 15.2. The van der Waals surface area contributed by atoms with Crippen LogP contribution in [0.4, 0.5) is 0 Å². The third-order valence-corrected chi connectivity index (χ3v) is 5.07. The van der Waals surface area contributed by atoms with Gasteiger partial charge in [0.25, 0.3) is 0 Å². The van der Waals surface area contributed by atoms with Crippen molar-refractivity contribution in [2.24, 2.45) is 0 Å². The third kappa shape index (κ3) is 4.67. The fourth-order valence-corrected chi connectivity index (χ4v) is 3.11. The van der Waals surface area contributed by atoms with Crippen LogP contribution < -0.4 is 5.32 Å². The molecule has 0 aliphatic heterocycles. The minimum Gasteiger partial charge on any atom is -0.310 e. The summed E-state index contributed by atoms with van der Waals surface area (Å²) in [7, 11) is 0. The average molecular weight is 411 g/mol. The number of hydrogen-bond donors (Lipinski definition) is 1. The molecule has 0 aliphatic rings. The zero-order valence-electron chi connectivity index (χ0n) is 12.5. The number of rotatable bonds is 6. The average Bonchev–Trinajstić information content (AvgIpc) is 2.48. The Bertz CT molecular complexity index is 578. The Kier molecular flexibility index (Phi) is 6.46. The monoisotopic (exact) mass is 409 g/mol. The molecule has 3 heteroatoms. The second-order valence-electron chi connectivity index (χ2n) is 5.29.